The maximum Gasteiger partial charge on any atom is 0.189 e. The monoisotopic (exact) mass is 235 g/mol. The quantitative estimate of drug-likeness (QED) is 0.609. The van der Waals surface area contributed by atoms with Gasteiger partial charge < -0.3 is 15.2 Å². The molecule has 17 heavy (non-hydrogen) atoms. The van der Waals surface area contributed by atoms with Crippen LogP contribution in [-0.2, 0) is 4.74 Å². The lowest BCUT2D eigenvalue weighted by Crippen LogP contribution is -2.08. The summed E-state index contributed by atoms with van der Waals surface area (Å²) < 4.78 is 11.0. The fourth-order valence-electron chi connectivity index (χ4n) is 1.72. The first-order valence-corrected chi connectivity index (χ1v) is 6.23. The van der Waals surface area contributed by atoms with E-state index in [1.807, 2.05) is 26.0 Å². The van der Waals surface area contributed by atoms with E-state index in [9.17, 15) is 0 Å². The van der Waals surface area contributed by atoms with E-state index >= 15 is 0 Å². The molecule has 0 saturated heterocycles. The summed E-state index contributed by atoms with van der Waals surface area (Å²) in [6, 6.07) is 6.11. The highest BCUT2D eigenvalue weighted by Crippen LogP contribution is 2.29. The molecule has 0 radical (unpaired) electrons. The standard InChI is InChI=1S/C14H21NO2/c1-10-7-13(11(2)15)5-6-14(10)17-9-16-8-12-3-4-12/h5-7,11-12H,3-4,8-9,15H2,1-2H3/t11-/m0/s1. The fourth-order valence-corrected chi connectivity index (χ4v) is 1.72. The first kappa shape index (κ1) is 12.4. The van der Waals surface area contributed by atoms with Crippen LogP contribution < -0.4 is 10.5 Å². The van der Waals surface area contributed by atoms with Crippen molar-refractivity contribution in [2.75, 3.05) is 13.4 Å². The minimum absolute atomic E-state index is 0.0638. The molecule has 2 rings (SSSR count). The van der Waals surface area contributed by atoms with Crippen molar-refractivity contribution in [3.8, 4) is 5.75 Å². The molecule has 1 aromatic carbocycles. The summed E-state index contributed by atoms with van der Waals surface area (Å²) in [4.78, 5) is 0. The second kappa shape index (κ2) is 5.52. The number of rotatable bonds is 6. The average molecular weight is 235 g/mol. The van der Waals surface area contributed by atoms with Crippen molar-refractivity contribution < 1.29 is 9.47 Å². The Morgan fingerprint density at radius 3 is 2.76 bits per heavy atom. The molecule has 1 saturated carbocycles. The van der Waals surface area contributed by atoms with Gasteiger partial charge in [-0.1, -0.05) is 12.1 Å². The summed E-state index contributed by atoms with van der Waals surface area (Å²) in [5, 5.41) is 0. The van der Waals surface area contributed by atoms with Gasteiger partial charge in [-0.3, -0.25) is 0 Å². The first-order valence-electron chi connectivity index (χ1n) is 6.23. The maximum atomic E-state index is 5.83. The SMILES string of the molecule is Cc1cc([C@H](C)N)ccc1OCOCC1CC1. The second-order valence-electron chi connectivity index (χ2n) is 4.89. The van der Waals surface area contributed by atoms with Crippen LogP contribution in [0.4, 0.5) is 0 Å². The molecule has 0 aliphatic heterocycles. The Bertz CT molecular complexity index is 372. The van der Waals surface area contributed by atoms with Crippen molar-refractivity contribution >= 4 is 0 Å². The predicted molar refractivity (Wildman–Crippen MR) is 68.0 cm³/mol. The minimum atomic E-state index is 0.0638. The van der Waals surface area contributed by atoms with Crippen LogP contribution in [0.15, 0.2) is 18.2 Å². The second-order valence-corrected chi connectivity index (χ2v) is 4.89. The number of hydrogen-bond acceptors (Lipinski definition) is 3. The van der Waals surface area contributed by atoms with Gasteiger partial charge in [-0.2, -0.15) is 0 Å². The van der Waals surface area contributed by atoms with Crippen molar-refractivity contribution in [3.63, 3.8) is 0 Å². The summed E-state index contributed by atoms with van der Waals surface area (Å²) >= 11 is 0. The molecule has 1 aromatic rings. The van der Waals surface area contributed by atoms with E-state index in [1.165, 1.54) is 12.8 Å². The Labute approximate surface area is 103 Å². The van der Waals surface area contributed by atoms with E-state index in [-0.39, 0.29) is 6.04 Å². The van der Waals surface area contributed by atoms with Crippen molar-refractivity contribution in [2.24, 2.45) is 11.7 Å². The first-order chi connectivity index (χ1) is 8.16. The van der Waals surface area contributed by atoms with Crippen LogP contribution in [0.5, 0.6) is 5.75 Å². The lowest BCUT2D eigenvalue weighted by molar-refractivity contribution is 0.00960. The molecule has 0 unspecified atom stereocenters. The molecule has 0 aromatic heterocycles. The van der Waals surface area contributed by atoms with Gasteiger partial charge in [0.25, 0.3) is 0 Å². The van der Waals surface area contributed by atoms with E-state index in [0.717, 1.165) is 29.4 Å². The molecule has 0 amide bonds. The van der Waals surface area contributed by atoms with Crippen molar-refractivity contribution in [2.45, 2.75) is 32.7 Å². The Morgan fingerprint density at radius 2 is 2.18 bits per heavy atom. The Kier molecular flexibility index (Phi) is 4.02. The smallest absolute Gasteiger partial charge is 0.189 e. The molecule has 1 aliphatic carbocycles. The van der Waals surface area contributed by atoms with Crippen LogP contribution in [0.1, 0.15) is 36.9 Å². The summed E-state index contributed by atoms with van der Waals surface area (Å²) in [7, 11) is 0. The van der Waals surface area contributed by atoms with Crippen LogP contribution in [-0.4, -0.2) is 13.4 Å². The van der Waals surface area contributed by atoms with Crippen LogP contribution in [0, 0.1) is 12.8 Å². The molecule has 1 fully saturated rings. The molecule has 1 aliphatic rings. The Morgan fingerprint density at radius 1 is 1.41 bits per heavy atom. The van der Waals surface area contributed by atoms with Crippen LogP contribution in [0.3, 0.4) is 0 Å². The van der Waals surface area contributed by atoms with Gasteiger partial charge in [-0.25, -0.2) is 0 Å². The molecule has 2 N–H and O–H groups in total. The van der Waals surface area contributed by atoms with Crippen molar-refractivity contribution in [1.29, 1.82) is 0 Å². The van der Waals surface area contributed by atoms with Gasteiger partial charge in [0.1, 0.15) is 5.75 Å². The van der Waals surface area contributed by atoms with Gasteiger partial charge in [-0.15, -0.1) is 0 Å². The summed E-state index contributed by atoms with van der Waals surface area (Å²) in [6.07, 6.45) is 2.62. The summed E-state index contributed by atoms with van der Waals surface area (Å²) in [6.45, 7) is 5.18. The highest BCUT2D eigenvalue weighted by molar-refractivity contribution is 5.37. The van der Waals surface area contributed by atoms with Crippen molar-refractivity contribution in [3.05, 3.63) is 29.3 Å². The maximum absolute atomic E-state index is 5.83. The highest BCUT2D eigenvalue weighted by atomic mass is 16.7. The van der Waals surface area contributed by atoms with Crippen LogP contribution >= 0.6 is 0 Å². The predicted octanol–water partition coefficient (Wildman–Crippen LogP) is 2.78. The van der Waals surface area contributed by atoms with Crippen LogP contribution in [0.2, 0.25) is 0 Å². The van der Waals surface area contributed by atoms with E-state index in [2.05, 4.69) is 6.07 Å². The number of aryl methyl sites for hydroxylation is 1. The molecule has 3 heteroatoms. The van der Waals surface area contributed by atoms with Crippen molar-refractivity contribution in [1.82, 2.24) is 0 Å². The zero-order valence-electron chi connectivity index (χ0n) is 10.6. The molecule has 0 spiro atoms. The van der Waals surface area contributed by atoms with Gasteiger partial charge in [0.15, 0.2) is 6.79 Å². The average Bonchev–Trinajstić information content (AvgIpc) is 3.09. The molecule has 1 atom stereocenters. The van der Waals surface area contributed by atoms with E-state index < -0.39 is 0 Å². The van der Waals surface area contributed by atoms with E-state index in [4.69, 9.17) is 15.2 Å². The summed E-state index contributed by atoms with van der Waals surface area (Å²) in [5.41, 5.74) is 8.07. The largest absolute Gasteiger partial charge is 0.467 e. The lowest BCUT2D eigenvalue weighted by Gasteiger charge is -2.12. The zero-order chi connectivity index (χ0) is 12.3. The zero-order valence-corrected chi connectivity index (χ0v) is 10.6. The van der Waals surface area contributed by atoms with E-state index in [0.29, 0.717) is 6.79 Å². The van der Waals surface area contributed by atoms with Gasteiger partial charge in [0.2, 0.25) is 0 Å². The molecular weight excluding hydrogens is 214 g/mol. The van der Waals surface area contributed by atoms with Gasteiger partial charge >= 0.3 is 0 Å². The molecule has 94 valence electrons. The Hall–Kier alpha value is -1.06. The topological polar surface area (TPSA) is 44.5 Å². The third-order valence-corrected chi connectivity index (χ3v) is 3.07. The normalized spacial score (nSPS) is 16.9. The number of benzene rings is 1. The Balaban J connectivity index is 1.82. The fraction of sp³-hybridized carbons (Fsp3) is 0.571. The molecule has 3 nitrogen and oxygen atoms in total. The van der Waals surface area contributed by atoms with Crippen LogP contribution in [0.25, 0.3) is 0 Å². The molecule has 0 bridgehead atoms. The number of nitrogens with two attached hydrogens (primary N) is 1. The van der Waals surface area contributed by atoms with Gasteiger partial charge in [0.05, 0.1) is 6.61 Å². The molecule has 0 heterocycles. The van der Waals surface area contributed by atoms with Gasteiger partial charge in [-0.05, 0) is 49.8 Å². The third kappa shape index (κ3) is 3.72. The summed E-state index contributed by atoms with van der Waals surface area (Å²) in [5.74, 6) is 1.66. The highest BCUT2D eigenvalue weighted by Gasteiger charge is 2.21. The number of hydrogen-bond donors (Lipinski definition) is 1. The van der Waals surface area contributed by atoms with Gasteiger partial charge in [0, 0.05) is 6.04 Å². The number of ether oxygens (including phenoxy) is 2. The molecular formula is C14H21NO2. The minimum Gasteiger partial charge on any atom is -0.467 e. The van der Waals surface area contributed by atoms with E-state index in [1.54, 1.807) is 0 Å². The third-order valence-electron chi connectivity index (χ3n) is 3.07. The lowest BCUT2D eigenvalue weighted by atomic mass is 10.1.